The molecule has 1 atom stereocenters. The molecular weight excluding hydrogens is 256 g/mol. The lowest BCUT2D eigenvalue weighted by molar-refractivity contribution is -0.129. The van der Waals surface area contributed by atoms with Gasteiger partial charge in [-0.25, -0.2) is 0 Å². The highest BCUT2D eigenvalue weighted by atomic mass is 16.2. The van der Waals surface area contributed by atoms with Gasteiger partial charge in [0, 0.05) is 44.7 Å². The molecule has 0 saturated carbocycles. The van der Waals surface area contributed by atoms with Gasteiger partial charge in [-0.1, -0.05) is 0 Å². The second-order valence-corrected chi connectivity index (χ2v) is 5.23. The summed E-state index contributed by atoms with van der Waals surface area (Å²) in [6, 6.07) is 2.24. The monoisotopic (exact) mass is 276 g/mol. The fourth-order valence-electron chi connectivity index (χ4n) is 2.96. The minimum atomic E-state index is 0.281. The standard InChI is InChI=1S/C13H20N6O/c1-2-15-10-7-11(17-13(14)16-10)18-5-6-19-9(8-18)3-4-12(19)20/h7,9H,2-6,8H2,1H3,(H3,14,15,16,17). The van der Waals surface area contributed by atoms with Crippen LogP contribution >= 0.6 is 0 Å². The largest absolute Gasteiger partial charge is 0.370 e. The molecule has 2 aliphatic heterocycles. The molecule has 0 radical (unpaired) electrons. The molecule has 0 bridgehead atoms. The Morgan fingerprint density at radius 2 is 2.30 bits per heavy atom. The van der Waals surface area contributed by atoms with Crippen LogP contribution in [0, 0.1) is 0 Å². The minimum Gasteiger partial charge on any atom is -0.370 e. The Balaban J connectivity index is 1.78. The number of nitrogen functional groups attached to an aromatic ring is 1. The van der Waals surface area contributed by atoms with Crippen LogP contribution in [-0.4, -0.2) is 53.0 Å². The molecule has 3 rings (SSSR count). The maximum atomic E-state index is 11.7. The number of hydrogen-bond donors (Lipinski definition) is 2. The normalized spacial score (nSPS) is 22.1. The van der Waals surface area contributed by atoms with Crippen molar-refractivity contribution in [3.8, 4) is 0 Å². The molecule has 108 valence electrons. The first kappa shape index (κ1) is 13.0. The molecule has 2 fully saturated rings. The number of hydrogen-bond acceptors (Lipinski definition) is 6. The lowest BCUT2D eigenvalue weighted by Gasteiger charge is -2.38. The van der Waals surface area contributed by atoms with E-state index in [1.54, 1.807) is 0 Å². The van der Waals surface area contributed by atoms with Crippen molar-refractivity contribution in [3.63, 3.8) is 0 Å². The van der Waals surface area contributed by atoms with E-state index in [-0.39, 0.29) is 11.9 Å². The summed E-state index contributed by atoms with van der Waals surface area (Å²) in [6.45, 7) is 5.20. The fourth-order valence-corrected chi connectivity index (χ4v) is 2.96. The second kappa shape index (κ2) is 5.15. The Hall–Kier alpha value is -2.05. The van der Waals surface area contributed by atoms with E-state index in [0.717, 1.165) is 44.2 Å². The van der Waals surface area contributed by atoms with E-state index in [1.165, 1.54) is 0 Å². The topological polar surface area (TPSA) is 87.4 Å². The van der Waals surface area contributed by atoms with Crippen LogP contribution in [0.15, 0.2) is 6.07 Å². The van der Waals surface area contributed by atoms with E-state index in [2.05, 4.69) is 20.2 Å². The number of aromatic nitrogens is 2. The lowest BCUT2D eigenvalue weighted by Crippen LogP contribution is -2.51. The average Bonchev–Trinajstić information content (AvgIpc) is 2.80. The molecule has 20 heavy (non-hydrogen) atoms. The zero-order chi connectivity index (χ0) is 14.1. The van der Waals surface area contributed by atoms with Crippen molar-refractivity contribution in [2.24, 2.45) is 0 Å². The molecule has 3 heterocycles. The van der Waals surface area contributed by atoms with Crippen molar-refractivity contribution in [2.75, 3.05) is 42.1 Å². The van der Waals surface area contributed by atoms with Crippen LogP contribution in [0.1, 0.15) is 19.8 Å². The van der Waals surface area contributed by atoms with Gasteiger partial charge < -0.3 is 20.9 Å². The maximum Gasteiger partial charge on any atom is 0.223 e. The summed E-state index contributed by atoms with van der Waals surface area (Å²) in [5.41, 5.74) is 5.77. The van der Waals surface area contributed by atoms with E-state index in [4.69, 9.17) is 5.73 Å². The zero-order valence-electron chi connectivity index (χ0n) is 11.7. The Kier molecular flexibility index (Phi) is 3.33. The van der Waals surface area contributed by atoms with E-state index >= 15 is 0 Å². The number of anilines is 3. The predicted octanol–water partition coefficient (Wildman–Crippen LogP) is 0.302. The number of nitrogens with zero attached hydrogens (tertiary/aromatic N) is 4. The molecular formula is C13H20N6O. The summed E-state index contributed by atoms with van der Waals surface area (Å²) >= 11 is 0. The van der Waals surface area contributed by atoms with Gasteiger partial charge in [-0.2, -0.15) is 9.97 Å². The van der Waals surface area contributed by atoms with Crippen LogP contribution in [0.5, 0.6) is 0 Å². The third-order valence-corrected chi connectivity index (χ3v) is 3.91. The summed E-state index contributed by atoms with van der Waals surface area (Å²) in [5, 5.41) is 3.16. The second-order valence-electron chi connectivity index (χ2n) is 5.23. The zero-order valence-corrected chi connectivity index (χ0v) is 11.7. The first-order valence-electron chi connectivity index (χ1n) is 7.10. The number of amides is 1. The quantitative estimate of drug-likeness (QED) is 0.825. The average molecular weight is 276 g/mol. The first-order chi connectivity index (χ1) is 9.67. The first-order valence-corrected chi connectivity index (χ1v) is 7.10. The molecule has 1 unspecified atom stereocenters. The van der Waals surface area contributed by atoms with Gasteiger partial charge in [0.05, 0.1) is 0 Å². The van der Waals surface area contributed by atoms with Gasteiger partial charge in [-0.3, -0.25) is 4.79 Å². The van der Waals surface area contributed by atoms with Gasteiger partial charge in [0.25, 0.3) is 0 Å². The van der Waals surface area contributed by atoms with E-state index in [0.29, 0.717) is 12.5 Å². The number of piperazine rings is 1. The number of fused-ring (bicyclic) bond motifs is 1. The maximum absolute atomic E-state index is 11.7. The number of carbonyl (C=O) groups is 1. The van der Waals surface area contributed by atoms with E-state index in [9.17, 15) is 4.79 Å². The Labute approximate surface area is 118 Å². The Bertz CT molecular complexity index is 520. The SMILES string of the molecule is CCNc1cc(N2CCN3C(=O)CCC3C2)nc(N)n1. The molecule has 0 spiro atoms. The summed E-state index contributed by atoms with van der Waals surface area (Å²) in [4.78, 5) is 24.4. The highest BCUT2D eigenvalue weighted by Gasteiger charge is 2.35. The third-order valence-electron chi connectivity index (χ3n) is 3.91. The van der Waals surface area contributed by atoms with Crippen LogP contribution in [0.25, 0.3) is 0 Å². The molecule has 1 aromatic heterocycles. The van der Waals surface area contributed by atoms with Crippen molar-refractivity contribution >= 4 is 23.5 Å². The molecule has 3 N–H and O–H groups in total. The van der Waals surface area contributed by atoms with Gasteiger partial charge in [-0.05, 0) is 13.3 Å². The smallest absolute Gasteiger partial charge is 0.223 e. The fraction of sp³-hybridized carbons (Fsp3) is 0.615. The number of nitrogens with one attached hydrogen (secondary N) is 1. The Morgan fingerprint density at radius 1 is 1.45 bits per heavy atom. The molecule has 0 aromatic carbocycles. The molecule has 0 aliphatic carbocycles. The predicted molar refractivity (Wildman–Crippen MR) is 77.6 cm³/mol. The van der Waals surface area contributed by atoms with E-state index in [1.807, 2.05) is 17.9 Å². The summed E-state index contributed by atoms with van der Waals surface area (Å²) < 4.78 is 0. The van der Waals surface area contributed by atoms with Crippen LogP contribution < -0.4 is 16.0 Å². The minimum absolute atomic E-state index is 0.281. The summed E-state index contributed by atoms with van der Waals surface area (Å²) in [7, 11) is 0. The van der Waals surface area contributed by atoms with Crippen molar-refractivity contribution in [1.29, 1.82) is 0 Å². The number of rotatable bonds is 3. The van der Waals surface area contributed by atoms with Crippen molar-refractivity contribution in [3.05, 3.63) is 6.07 Å². The molecule has 2 aliphatic rings. The van der Waals surface area contributed by atoms with Crippen LogP contribution in [0.4, 0.5) is 17.6 Å². The molecule has 2 saturated heterocycles. The molecule has 1 amide bonds. The lowest BCUT2D eigenvalue weighted by atomic mass is 10.1. The van der Waals surface area contributed by atoms with Crippen molar-refractivity contribution < 1.29 is 4.79 Å². The Morgan fingerprint density at radius 3 is 3.10 bits per heavy atom. The van der Waals surface area contributed by atoms with E-state index < -0.39 is 0 Å². The van der Waals surface area contributed by atoms with Gasteiger partial charge in [0.15, 0.2) is 0 Å². The van der Waals surface area contributed by atoms with Crippen molar-refractivity contribution in [2.45, 2.75) is 25.8 Å². The van der Waals surface area contributed by atoms with Gasteiger partial charge in [0.2, 0.25) is 11.9 Å². The van der Waals surface area contributed by atoms with Gasteiger partial charge in [-0.15, -0.1) is 0 Å². The highest BCUT2D eigenvalue weighted by Crippen LogP contribution is 2.26. The number of carbonyl (C=O) groups excluding carboxylic acids is 1. The van der Waals surface area contributed by atoms with Crippen molar-refractivity contribution in [1.82, 2.24) is 14.9 Å². The molecule has 7 nitrogen and oxygen atoms in total. The summed E-state index contributed by atoms with van der Waals surface area (Å²) in [6.07, 6.45) is 1.61. The molecule has 7 heteroatoms. The summed E-state index contributed by atoms with van der Waals surface area (Å²) in [5.74, 6) is 2.15. The van der Waals surface area contributed by atoms with Gasteiger partial charge >= 0.3 is 0 Å². The van der Waals surface area contributed by atoms with Crippen LogP contribution in [0.2, 0.25) is 0 Å². The highest BCUT2D eigenvalue weighted by molar-refractivity contribution is 5.79. The third kappa shape index (κ3) is 2.35. The van der Waals surface area contributed by atoms with Gasteiger partial charge in [0.1, 0.15) is 11.6 Å². The van der Waals surface area contributed by atoms with Crippen LogP contribution in [-0.2, 0) is 4.79 Å². The molecule has 1 aromatic rings. The number of nitrogens with two attached hydrogens (primary N) is 1. The van der Waals surface area contributed by atoms with Crippen LogP contribution in [0.3, 0.4) is 0 Å².